The molecule has 1 amide bonds. The molecule has 3 aromatic rings. The zero-order chi connectivity index (χ0) is 21.3. The van der Waals surface area contributed by atoms with Gasteiger partial charge in [-0.05, 0) is 55.2 Å². The second-order valence-corrected chi connectivity index (χ2v) is 7.53. The van der Waals surface area contributed by atoms with Crippen LogP contribution in [0.3, 0.4) is 0 Å². The lowest BCUT2D eigenvalue weighted by Crippen LogP contribution is -2.29. The quantitative estimate of drug-likeness (QED) is 0.694. The summed E-state index contributed by atoms with van der Waals surface area (Å²) in [6.45, 7) is 1.95. The van der Waals surface area contributed by atoms with Crippen LogP contribution in [0.4, 0.5) is 5.69 Å². The van der Waals surface area contributed by atoms with E-state index < -0.39 is 11.5 Å². The van der Waals surface area contributed by atoms with Crippen LogP contribution >= 0.6 is 0 Å². The molecule has 4 rings (SSSR count). The van der Waals surface area contributed by atoms with Gasteiger partial charge in [0, 0.05) is 23.4 Å². The van der Waals surface area contributed by atoms with E-state index in [4.69, 9.17) is 4.74 Å². The summed E-state index contributed by atoms with van der Waals surface area (Å²) in [5.74, 6) is 0.100. The second kappa shape index (κ2) is 7.99. The first kappa shape index (κ1) is 19.6. The molecule has 1 heterocycles. The Balaban J connectivity index is 1.59. The third-order valence-corrected chi connectivity index (χ3v) is 5.45. The monoisotopic (exact) mass is 402 g/mol. The summed E-state index contributed by atoms with van der Waals surface area (Å²) >= 11 is 0. The maximum absolute atomic E-state index is 12.8. The minimum Gasteiger partial charge on any atom is -0.497 e. The number of methoxy groups -OCH3 is 1. The highest BCUT2D eigenvalue weighted by Crippen LogP contribution is 2.32. The van der Waals surface area contributed by atoms with Gasteiger partial charge in [0.1, 0.15) is 11.3 Å². The summed E-state index contributed by atoms with van der Waals surface area (Å²) in [7, 11) is 1.60. The molecule has 1 unspecified atom stereocenters. The number of nitrogens with one attached hydrogen (secondary N) is 2. The molecular formula is C24H22N2O4. The number of carbonyl (C=O) groups excluding carboxylic acids is 2. The van der Waals surface area contributed by atoms with E-state index in [-0.39, 0.29) is 17.3 Å². The van der Waals surface area contributed by atoms with E-state index in [0.29, 0.717) is 29.8 Å². The van der Waals surface area contributed by atoms with Gasteiger partial charge in [-0.25, -0.2) is 0 Å². The topological polar surface area (TPSA) is 88.3 Å². The first-order valence-electron chi connectivity index (χ1n) is 9.76. The van der Waals surface area contributed by atoms with Gasteiger partial charge in [0.25, 0.3) is 11.5 Å². The van der Waals surface area contributed by atoms with Crippen LogP contribution in [0.25, 0.3) is 0 Å². The van der Waals surface area contributed by atoms with E-state index in [0.717, 1.165) is 16.9 Å². The van der Waals surface area contributed by atoms with Crippen LogP contribution in [0.2, 0.25) is 0 Å². The molecule has 0 saturated heterocycles. The zero-order valence-corrected chi connectivity index (χ0v) is 16.8. The highest BCUT2D eigenvalue weighted by Gasteiger charge is 2.29. The number of benzene rings is 2. The lowest BCUT2D eigenvalue weighted by atomic mass is 9.81. The van der Waals surface area contributed by atoms with E-state index >= 15 is 0 Å². The van der Waals surface area contributed by atoms with Crippen LogP contribution < -0.4 is 15.6 Å². The first-order chi connectivity index (χ1) is 14.4. The number of aromatic amines is 1. The number of ether oxygens (including phenoxy) is 1. The Bertz CT molecular complexity index is 1160. The Morgan fingerprint density at radius 1 is 1.03 bits per heavy atom. The summed E-state index contributed by atoms with van der Waals surface area (Å²) < 4.78 is 5.18. The largest absolute Gasteiger partial charge is 0.497 e. The van der Waals surface area contributed by atoms with Gasteiger partial charge < -0.3 is 15.0 Å². The molecular weight excluding hydrogens is 380 g/mol. The summed E-state index contributed by atoms with van der Waals surface area (Å²) in [5, 5.41) is 2.71. The van der Waals surface area contributed by atoms with Crippen LogP contribution in [0.5, 0.6) is 5.75 Å². The predicted molar refractivity (Wildman–Crippen MR) is 115 cm³/mol. The number of aromatic nitrogens is 1. The Labute approximate surface area is 173 Å². The Kier molecular flexibility index (Phi) is 5.23. The van der Waals surface area contributed by atoms with Crippen LogP contribution in [0, 0.1) is 6.92 Å². The number of carbonyl (C=O) groups is 2. The summed E-state index contributed by atoms with van der Waals surface area (Å²) in [4.78, 5) is 40.7. The molecule has 1 aliphatic rings. The van der Waals surface area contributed by atoms with E-state index in [1.165, 1.54) is 6.07 Å². The molecule has 30 heavy (non-hydrogen) atoms. The highest BCUT2D eigenvalue weighted by atomic mass is 16.5. The van der Waals surface area contributed by atoms with Crippen LogP contribution in [-0.4, -0.2) is 23.8 Å². The number of Topliss-reactive ketones (excluding diaryl/α,β-unsaturated/α-hetero) is 1. The fourth-order valence-electron chi connectivity index (χ4n) is 3.75. The normalized spacial score (nSPS) is 15.4. The van der Waals surface area contributed by atoms with Crippen LogP contribution in [-0.2, 0) is 6.42 Å². The summed E-state index contributed by atoms with van der Waals surface area (Å²) in [5.41, 5.74) is 3.09. The maximum atomic E-state index is 12.8. The fourth-order valence-corrected chi connectivity index (χ4v) is 3.75. The number of pyridine rings is 1. The minimum absolute atomic E-state index is 0.0289. The van der Waals surface area contributed by atoms with Gasteiger partial charge in [-0.15, -0.1) is 0 Å². The standard InChI is InChI=1S/C24H22N2O4/c1-14-3-7-17(8-4-14)25-23(28)20-13-19-21(26-24(20)29)11-16(12-22(19)27)15-5-9-18(30-2)10-6-15/h3-10,13,16H,11-12H2,1-2H3,(H,25,28)(H,26,29). The third kappa shape index (κ3) is 3.89. The minimum atomic E-state index is -0.534. The van der Waals surface area contributed by atoms with Gasteiger partial charge in [0.2, 0.25) is 0 Å². The van der Waals surface area contributed by atoms with Crippen molar-refractivity contribution in [2.75, 3.05) is 12.4 Å². The number of anilines is 1. The Morgan fingerprint density at radius 3 is 2.40 bits per heavy atom. The van der Waals surface area contributed by atoms with Crippen molar-refractivity contribution in [3.8, 4) is 5.75 Å². The van der Waals surface area contributed by atoms with E-state index in [1.54, 1.807) is 19.2 Å². The van der Waals surface area contributed by atoms with Crippen LogP contribution in [0.15, 0.2) is 59.4 Å². The van der Waals surface area contributed by atoms with Crippen LogP contribution in [0.1, 0.15) is 49.9 Å². The first-order valence-corrected chi connectivity index (χ1v) is 9.76. The molecule has 0 radical (unpaired) electrons. The molecule has 0 saturated carbocycles. The number of amides is 1. The van der Waals surface area contributed by atoms with Gasteiger partial charge in [-0.1, -0.05) is 29.8 Å². The molecule has 2 aromatic carbocycles. The molecule has 1 aliphatic carbocycles. The average Bonchev–Trinajstić information content (AvgIpc) is 2.74. The van der Waals surface area contributed by atoms with Crippen molar-refractivity contribution in [2.45, 2.75) is 25.7 Å². The van der Waals surface area contributed by atoms with E-state index in [9.17, 15) is 14.4 Å². The predicted octanol–water partition coefficient (Wildman–Crippen LogP) is 3.86. The van der Waals surface area contributed by atoms with Crippen molar-refractivity contribution < 1.29 is 14.3 Å². The third-order valence-electron chi connectivity index (χ3n) is 5.45. The SMILES string of the molecule is COc1ccc(C2CC(=O)c3cc(C(=O)Nc4ccc(C)cc4)c(=O)[nH]c3C2)cc1. The van der Waals surface area contributed by atoms with Crippen molar-refractivity contribution in [3.05, 3.63) is 92.9 Å². The lowest BCUT2D eigenvalue weighted by molar-refractivity contribution is 0.0963. The van der Waals surface area contributed by atoms with Crippen molar-refractivity contribution in [1.29, 1.82) is 0 Å². The van der Waals surface area contributed by atoms with Crippen molar-refractivity contribution in [1.82, 2.24) is 4.98 Å². The molecule has 0 spiro atoms. The van der Waals surface area contributed by atoms with Crippen molar-refractivity contribution in [3.63, 3.8) is 0 Å². The number of aryl methyl sites for hydroxylation is 1. The molecule has 2 N–H and O–H groups in total. The average molecular weight is 402 g/mol. The molecule has 6 heteroatoms. The second-order valence-electron chi connectivity index (χ2n) is 7.53. The molecule has 6 nitrogen and oxygen atoms in total. The molecule has 0 aliphatic heterocycles. The number of fused-ring (bicyclic) bond motifs is 1. The zero-order valence-electron chi connectivity index (χ0n) is 16.8. The summed E-state index contributed by atoms with van der Waals surface area (Å²) in [6.07, 6.45) is 0.854. The number of H-pyrrole nitrogens is 1. The molecule has 1 atom stereocenters. The fraction of sp³-hybridized carbons (Fsp3) is 0.208. The lowest BCUT2D eigenvalue weighted by Gasteiger charge is -2.24. The Hall–Kier alpha value is -3.67. The maximum Gasteiger partial charge on any atom is 0.261 e. The van der Waals surface area contributed by atoms with Gasteiger partial charge in [0.15, 0.2) is 5.78 Å². The van der Waals surface area contributed by atoms with E-state index in [2.05, 4.69) is 10.3 Å². The number of rotatable bonds is 4. The summed E-state index contributed by atoms with van der Waals surface area (Å²) in [6, 6.07) is 16.3. The van der Waals surface area contributed by atoms with Gasteiger partial charge in [0.05, 0.1) is 7.11 Å². The molecule has 0 fully saturated rings. The smallest absolute Gasteiger partial charge is 0.261 e. The Morgan fingerprint density at radius 2 is 1.73 bits per heavy atom. The van der Waals surface area contributed by atoms with Crippen molar-refractivity contribution >= 4 is 17.4 Å². The number of hydrogen-bond donors (Lipinski definition) is 2. The van der Waals surface area contributed by atoms with Gasteiger partial charge >= 0.3 is 0 Å². The van der Waals surface area contributed by atoms with Crippen molar-refractivity contribution in [2.24, 2.45) is 0 Å². The van der Waals surface area contributed by atoms with Gasteiger partial charge in [-0.2, -0.15) is 0 Å². The molecule has 1 aromatic heterocycles. The number of ketones is 1. The van der Waals surface area contributed by atoms with E-state index in [1.807, 2.05) is 43.3 Å². The molecule has 152 valence electrons. The highest BCUT2D eigenvalue weighted by molar-refractivity contribution is 6.06. The molecule has 0 bridgehead atoms. The van der Waals surface area contributed by atoms with Gasteiger partial charge in [-0.3, -0.25) is 14.4 Å². The number of hydrogen-bond acceptors (Lipinski definition) is 4.